The normalized spacial score (nSPS) is 18.8. The van der Waals surface area contributed by atoms with Gasteiger partial charge in [-0.05, 0) is 55.9 Å². The van der Waals surface area contributed by atoms with Gasteiger partial charge < -0.3 is 4.57 Å². The second-order valence-electron chi connectivity index (χ2n) is 9.71. The number of rotatable bonds is 0. The molecule has 30 heavy (non-hydrogen) atoms. The molecule has 0 unspecified atom stereocenters. The van der Waals surface area contributed by atoms with Gasteiger partial charge in [0.1, 0.15) is 5.82 Å². The third-order valence-corrected chi connectivity index (χ3v) is 6.78. The first-order valence-corrected chi connectivity index (χ1v) is 10.6. The van der Waals surface area contributed by atoms with Crippen molar-refractivity contribution in [1.82, 2.24) is 9.55 Å². The lowest BCUT2D eigenvalue weighted by atomic mass is 9.82. The summed E-state index contributed by atoms with van der Waals surface area (Å²) in [6, 6.07) is 17.6. The molecule has 1 aromatic heterocycles. The van der Waals surface area contributed by atoms with Crippen molar-refractivity contribution in [3.63, 3.8) is 0 Å². The molecule has 3 aromatic rings. The van der Waals surface area contributed by atoms with Crippen LogP contribution in [-0.4, -0.2) is 39.3 Å². The zero-order valence-corrected chi connectivity index (χ0v) is 18.7. The zero-order chi connectivity index (χ0) is 21.3. The fourth-order valence-corrected chi connectivity index (χ4v) is 4.92. The third-order valence-electron chi connectivity index (χ3n) is 6.78. The Morgan fingerprint density at radius 1 is 0.900 bits per heavy atom. The van der Waals surface area contributed by atoms with E-state index in [2.05, 4.69) is 106 Å². The number of imidazole rings is 1. The molecule has 0 fully saturated rings. The predicted octanol–water partition coefficient (Wildman–Crippen LogP) is 4.55. The molecule has 0 saturated carbocycles. The second-order valence-corrected chi connectivity index (χ2v) is 9.71. The van der Waals surface area contributed by atoms with Gasteiger partial charge in [-0.25, -0.2) is 4.98 Å². The molecule has 0 radical (unpaired) electrons. The van der Waals surface area contributed by atoms with E-state index in [0.717, 1.165) is 35.2 Å². The molecule has 8 bridgehead atoms. The fourth-order valence-electron chi connectivity index (χ4n) is 4.92. The van der Waals surface area contributed by atoms with E-state index in [9.17, 15) is 0 Å². The molecule has 152 valence electrons. The Morgan fingerprint density at radius 2 is 1.53 bits per heavy atom. The Labute approximate surface area is 178 Å². The average molecular weight is 398 g/mol. The maximum atomic E-state index is 5.16. The van der Waals surface area contributed by atoms with E-state index in [0.29, 0.717) is 0 Å². The SMILES string of the molecule is Cn1cc2nc1C(C)(C)c1cccc(c1)C1=NC(=[N+](C)C1)C(C)(C)c1cccc-2c1. The fraction of sp³-hybridized carbons (Fsp3) is 0.346. The molecule has 3 heterocycles. The van der Waals surface area contributed by atoms with Gasteiger partial charge >= 0.3 is 5.84 Å². The summed E-state index contributed by atoms with van der Waals surface area (Å²) in [7, 11) is 4.24. The largest absolute Gasteiger partial charge is 0.337 e. The number of hydrogen-bond donors (Lipinski definition) is 0. The Balaban J connectivity index is 1.83. The van der Waals surface area contributed by atoms with Gasteiger partial charge in [-0.2, -0.15) is 0 Å². The lowest BCUT2D eigenvalue weighted by molar-refractivity contribution is -0.480. The van der Waals surface area contributed by atoms with Gasteiger partial charge in [0.15, 0.2) is 6.54 Å². The Hall–Kier alpha value is -3.01. The highest BCUT2D eigenvalue weighted by molar-refractivity contribution is 6.11. The molecular weight excluding hydrogens is 368 g/mol. The van der Waals surface area contributed by atoms with E-state index < -0.39 is 0 Å². The molecule has 0 atom stereocenters. The summed E-state index contributed by atoms with van der Waals surface area (Å²) in [5, 5.41) is 0. The van der Waals surface area contributed by atoms with Crippen LogP contribution < -0.4 is 0 Å². The summed E-state index contributed by atoms with van der Waals surface area (Å²) < 4.78 is 4.46. The van der Waals surface area contributed by atoms with Crippen molar-refractivity contribution in [2.24, 2.45) is 12.0 Å². The number of nitrogens with zero attached hydrogens (tertiary/aromatic N) is 4. The first-order chi connectivity index (χ1) is 14.2. The molecule has 0 amide bonds. The number of amidine groups is 1. The lowest BCUT2D eigenvalue weighted by Crippen LogP contribution is -2.32. The molecule has 2 aliphatic rings. The Morgan fingerprint density at radius 3 is 2.27 bits per heavy atom. The van der Waals surface area contributed by atoms with Crippen LogP contribution in [0.3, 0.4) is 0 Å². The molecule has 2 aromatic carbocycles. The van der Waals surface area contributed by atoms with Gasteiger partial charge in [0, 0.05) is 29.8 Å². The molecule has 0 aliphatic carbocycles. The van der Waals surface area contributed by atoms with Gasteiger partial charge in [0.25, 0.3) is 0 Å². The van der Waals surface area contributed by atoms with Crippen LogP contribution in [0.1, 0.15) is 50.2 Å². The minimum Gasteiger partial charge on any atom is -0.337 e. The van der Waals surface area contributed by atoms with Crippen LogP contribution in [0, 0.1) is 0 Å². The lowest BCUT2D eigenvalue weighted by Gasteiger charge is -2.25. The van der Waals surface area contributed by atoms with E-state index in [4.69, 9.17) is 9.98 Å². The summed E-state index contributed by atoms with van der Waals surface area (Å²) in [5.41, 5.74) is 6.57. The van der Waals surface area contributed by atoms with Gasteiger partial charge in [0.2, 0.25) is 5.71 Å². The highest BCUT2D eigenvalue weighted by Gasteiger charge is 2.40. The van der Waals surface area contributed by atoms with Crippen LogP contribution in [0.5, 0.6) is 0 Å². The van der Waals surface area contributed by atoms with Crippen molar-refractivity contribution in [3.05, 3.63) is 77.2 Å². The first kappa shape index (κ1) is 19.0. The van der Waals surface area contributed by atoms with E-state index in [1.54, 1.807) is 0 Å². The van der Waals surface area contributed by atoms with Crippen molar-refractivity contribution in [1.29, 1.82) is 0 Å². The number of benzene rings is 2. The number of fused-ring (bicyclic) bond motifs is 9. The number of aromatic nitrogens is 2. The monoisotopic (exact) mass is 397 g/mol. The van der Waals surface area contributed by atoms with Gasteiger partial charge in [-0.1, -0.05) is 36.4 Å². The van der Waals surface area contributed by atoms with E-state index >= 15 is 0 Å². The highest BCUT2D eigenvalue weighted by Crippen LogP contribution is 2.35. The number of aliphatic imine (C=N–C) groups is 1. The van der Waals surface area contributed by atoms with Gasteiger partial charge in [-0.15, -0.1) is 0 Å². The molecule has 4 nitrogen and oxygen atoms in total. The predicted molar refractivity (Wildman–Crippen MR) is 123 cm³/mol. The van der Waals surface area contributed by atoms with Crippen LogP contribution in [-0.2, 0) is 17.9 Å². The third kappa shape index (κ3) is 2.70. The smallest absolute Gasteiger partial charge is 0.304 e. The first-order valence-electron chi connectivity index (χ1n) is 10.6. The maximum Gasteiger partial charge on any atom is 0.304 e. The van der Waals surface area contributed by atoms with Crippen LogP contribution in [0.25, 0.3) is 11.3 Å². The van der Waals surface area contributed by atoms with Crippen LogP contribution >= 0.6 is 0 Å². The van der Waals surface area contributed by atoms with Crippen molar-refractivity contribution >= 4 is 11.5 Å². The zero-order valence-electron chi connectivity index (χ0n) is 18.7. The van der Waals surface area contributed by atoms with E-state index in [-0.39, 0.29) is 10.8 Å². The molecule has 2 aliphatic heterocycles. The minimum absolute atomic E-state index is 0.203. The summed E-state index contributed by atoms with van der Waals surface area (Å²) in [6.07, 6.45) is 2.15. The number of aryl methyl sites for hydroxylation is 1. The average Bonchev–Trinajstić information content (AvgIpc) is 3.31. The Kier molecular flexibility index (Phi) is 3.95. The number of likely N-dealkylation sites (N-methyl/N-ethyl adjacent to an activating group) is 1. The summed E-state index contributed by atoms with van der Waals surface area (Å²) >= 11 is 0. The Bertz CT molecular complexity index is 1240. The summed E-state index contributed by atoms with van der Waals surface area (Å²) in [6.45, 7) is 9.86. The topological polar surface area (TPSA) is 33.2 Å². The van der Waals surface area contributed by atoms with Crippen molar-refractivity contribution in [3.8, 4) is 11.3 Å². The van der Waals surface area contributed by atoms with Crippen LogP contribution in [0.15, 0.2) is 59.7 Å². The standard InChI is InChI=1S/C26H29N4/c1-25(2)19-11-7-9-17(13-19)22-16-30(6)24(28-22)26(3,4)20-12-8-10-18(14-20)21-15-29(5)23(25)27-21/h7-15H,16H2,1-6H3/q+1. The summed E-state index contributed by atoms with van der Waals surface area (Å²) in [5.74, 6) is 2.17. The minimum atomic E-state index is -0.221. The van der Waals surface area contributed by atoms with Crippen molar-refractivity contribution in [2.75, 3.05) is 13.6 Å². The van der Waals surface area contributed by atoms with E-state index in [1.165, 1.54) is 16.7 Å². The quantitative estimate of drug-likeness (QED) is 0.513. The van der Waals surface area contributed by atoms with Crippen molar-refractivity contribution < 1.29 is 4.58 Å². The second kappa shape index (κ2) is 6.24. The van der Waals surface area contributed by atoms with Gasteiger partial charge in [-0.3, -0.25) is 4.58 Å². The highest BCUT2D eigenvalue weighted by atomic mass is 15.1. The molecule has 0 spiro atoms. The maximum absolute atomic E-state index is 5.16. The number of hydrogen-bond acceptors (Lipinski definition) is 2. The molecule has 0 N–H and O–H groups in total. The molecule has 5 rings (SSSR count). The van der Waals surface area contributed by atoms with E-state index in [1.807, 2.05) is 0 Å². The summed E-state index contributed by atoms with van der Waals surface area (Å²) in [4.78, 5) is 10.3. The van der Waals surface area contributed by atoms with Crippen LogP contribution in [0.4, 0.5) is 0 Å². The van der Waals surface area contributed by atoms with Crippen molar-refractivity contribution in [2.45, 2.75) is 38.5 Å². The molecular formula is C26H29N4+. The van der Waals surface area contributed by atoms with Gasteiger partial charge in [0.05, 0.1) is 18.2 Å². The molecule has 0 saturated heterocycles. The van der Waals surface area contributed by atoms with Crippen LogP contribution in [0.2, 0.25) is 0 Å². The molecule has 4 heteroatoms.